The number of carbonyl (C=O) groups is 1. The van der Waals surface area contributed by atoms with Crippen molar-refractivity contribution in [3.05, 3.63) is 42.0 Å². The summed E-state index contributed by atoms with van der Waals surface area (Å²) in [6.07, 6.45) is 3.42. The van der Waals surface area contributed by atoms with Crippen molar-refractivity contribution in [3.8, 4) is 5.69 Å². The standard InChI is InChI=1S/C15H15ClFN3O/c1-2-10-7-13-14(19(9-10)15(16)21)8-18-20(13)12-5-3-11(17)4-6-12/h3-6,8,10H,2,7,9H2,1H3. The fraction of sp³-hybridized carbons (Fsp3) is 0.333. The van der Waals surface area contributed by atoms with Crippen LogP contribution in [0.2, 0.25) is 0 Å². The van der Waals surface area contributed by atoms with E-state index in [1.165, 1.54) is 12.1 Å². The third-order valence-electron chi connectivity index (χ3n) is 3.92. The van der Waals surface area contributed by atoms with Crippen LogP contribution in [0.3, 0.4) is 0 Å². The first-order chi connectivity index (χ1) is 10.1. The molecule has 1 atom stereocenters. The van der Waals surface area contributed by atoms with Gasteiger partial charge < -0.3 is 0 Å². The molecule has 0 radical (unpaired) electrons. The molecule has 0 spiro atoms. The van der Waals surface area contributed by atoms with Gasteiger partial charge in [0.05, 0.1) is 23.3 Å². The predicted molar refractivity (Wildman–Crippen MR) is 79.6 cm³/mol. The Hall–Kier alpha value is -1.88. The molecule has 21 heavy (non-hydrogen) atoms. The van der Waals surface area contributed by atoms with Crippen LogP contribution in [0.1, 0.15) is 19.0 Å². The van der Waals surface area contributed by atoms with E-state index in [0.717, 1.165) is 29.9 Å². The lowest BCUT2D eigenvalue weighted by atomic mass is 9.95. The first-order valence-electron chi connectivity index (χ1n) is 6.90. The zero-order valence-corrected chi connectivity index (χ0v) is 12.3. The van der Waals surface area contributed by atoms with Crippen LogP contribution in [0, 0.1) is 11.7 Å². The van der Waals surface area contributed by atoms with Gasteiger partial charge in [-0.15, -0.1) is 0 Å². The highest BCUT2D eigenvalue weighted by Gasteiger charge is 2.30. The Balaban J connectivity index is 2.06. The Labute approximate surface area is 127 Å². The van der Waals surface area contributed by atoms with Crippen LogP contribution in [0.25, 0.3) is 5.69 Å². The normalized spacial score (nSPS) is 17.7. The van der Waals surface area contributed by atoms with Crippen LogP contribution >= 0.6 is 11.6 Å². The van der Waals surface area contributed by atoms with E-state index in [0.29, 0.717) is 12.5 Å². The summed E-state index contributed by atoms with van der Waals surface area (Å²) in [6.45, 7) is 2.70. The Morgan fingerprint density at radius 2 is 2.14 bits per heavy atom. The number of aromatic nitrogens is 2. The van der Waals surface area contributed by atoms with E-state index in [1.54, 1.807) is 27.9 Å². The number of fused-ring (bicyclic) bond motifs is 1. The first kappa shape index (κ1) is 14.1. The molecule has 1 unspecified atom stereocenters. The van der Waals surface area contributed by atoms with Gasteiger partial charge in [-0.05, 0) is 48.2 Å². The number of amides is 1. The topological polar surface area (TPSA) is 38.1 Å². The second-order valence-corrected chi connectivity index (χ2v) is 5.53. The zero-order chi connectivity index (χ0) is 15.0. The van der Waals surface area contributed by atoms with Crippen molar-refractivity contribution in [2.45, 2.75) is 19.8 Å². The lowest BCUT2D eigenvalue weighted by Crippen LogP contribution is -2.37. The summed E-state index contributed by atoms with van der Waals surface area (Å²) in [5, 5.41) is 3.85. The van der Waals surface area contributed by atoms with Crippen LogP contribution in [0.5, 0.6) is 0 Å². The first-order valence-corrected chi connectivity index (χ1v) is 7.27. The Morgan fingerprint density at radius 3 is 2.76 bits per heavy atom. The van der Waals surface area contributed by atoms with Crippen molar-refractivity contribution in [3.63, 3.8) is 0 Å². The minimum Gasteiger partial charge on any atom is -0.295 e. The number of halogens is 2. The monoisotopic (exact) mass is 307 g/mol. The van der Waals surface area contributed by atoms with Crippen LogP contribution in [0.4, 0.5) is 14.9 Å². The molecule has 1 amide bonds. The minimum absolute atomic E-state index is 0.288. The lowest BCUT2D eigenvalue weighted by molar-refractivity contribution is 0.262. The summed E-state index contributed by atoms with van der Waals surface area (Å²) < 4.78 is 14.8. The van der Waals surface area contributed by atoms with Gasteiger partial charge in [-0.2, -0.15) is 5.10 Å². The van der Waals surface area contributed by atoms with Gasteiger partial charge >= 0.3 is 5.37 Å². The molecule has 0 saturated heterocycles. The van der Waals surface area contributed by atoms with Gasteiger partial charge in [-0.1, -0.05) is 13.3 Å². The molecule has 4 nitrogen and oxygen atoms in total. The van der Waals surface area contributed by atoms with Gasteiger partial charge in [0.1, 0.15) is 5.82 Å². The number of rotatable bonds is 2. The molecule has 0 bridgehead atoms. The molecule has 1 aromatic heterocycles. The summed E-state index contributed by atoms with van der Waals surface area (Å²) in [5.41, 5.74) is 2.45. The predicted octanol–water partition coefficient (Wildman–Crippen LogP) is 3.76. The van der Waals surface area contributed by atoms with Crippen molar-refractivity contribution in [2.24, 2.45) is 5.92 Å². The number of anilines is 1. The van der Waals surface area contributed by atoms with Crippen molar-refractivity contribution < 1.29 is 9.18 Å². The average Bonchev–Trinajstić information content (AvgIpc) is 2.90. The summed E-state index contributed by atoms with van der Waals surface area (Å²) in [7, 11) is 0. The van der Waals surface area contributed by atoms with E-state index in [2.05, 4.69) is 12.0 Å². The molecule has 1 aliphatic rings. The molecule has 0 N–H and O–H groups in total. The van der Waals surface area contributed by atoms with Crippen LogP contribution < -0.4 is 4.90 Å². The highest BCUT2D eigenvalue weighted by Crippen LogP contribution is 2.33. The van der Waals surface area contributed by atoms with Crippen LogP contribution in [-0.4, -0.2) is 21.7 Å². The molecular formula is C15H15ClFN3O. The Bertz CT molecular complexity index is 668. The quantitative estimate of drug-likeness (QED) is 0.626. The molecule has 2 heterocycles. The molecular weight excluding hydrogens is 293 g/mol. The van der Waals surface area contributed by atoms with E-state index >= 15 is 0 Å². The molecule has 1 aliphatic heterocycles. The molecule has 0 aliphatic carbocycles. The SMILES string of the molecule is CCC1Cc2c(cnn2-c2ccc(F)cc2)N(C(=O)Cl)C1. The molecule has 110 valence electrons. The van der Waals surface area contributed by atoms with Crippen molar-refractivity contribution in [1.29, 1.82) is 0 Å². The van der Waals surface area contributed by atoms with Gasteiger partial charge in [0.15, 0.2) is 0 Å². The fourth-order valence-corrected chi connectivity index (χ4v) is 2.88. The fourth-order valence-electron chi connectivity index (χ4n) is 2.72. The Morgan fingerprint density at radius 1 is 1.43 bits per heavy atom. The summed E-state index contributed by atoms with van der Waals surface area (Å²) in [6, 6.07) is 6.14. The number of benzene rings is 1. The van der Waals surface area contributed by atoms with Crippen molar-refractivity contribution in [2.75, 3.05) is 11.4 Å². The number of nitrogens with zero attached hydrogens (tertiary/aromatic N) is 3. The maximum atomic E-state index is 13.1. The Kier molecular flexibility index (Phi) is 3.68. The third-order valence-corrected chi connectivity index (χ3v) is 4.13. The maximum Gasteiger partial charge on any atom is 0.320 e. The molecule has 3 rings (SSSR count). The smallest absolute Gasteiger partial charge is 0.295 e. The molecule has 0 fully saturated rings. The van der Waals surface area contributed by atoms with Gasteiger partial charge in [0, 0.05) is 6.54 Å². The van der Waals surface area contributed by atoms with Gasteiger partial charge in [-0.25, -0.2) is 9.07 Å². The molecule has 0 saturated carbocycles. The van der Waals surface area contributed by atoms with Gasteiger partial charge in [0.2, 0.25) is 0 Å². The van der Waals surface area contributed by atoms with E-state index in [4.69, 9.17) is 11.6 Å². The molecule has 6 heteroatoms. The molecule has 2 aromatic rings. The second kappa shape index (κ2) is 5.48. The highest BCUT2D eigenvalue weighted by atomic mass is 35.5. The summed E-state index contributed by atoms with van der Waals surface area (Å²) in [5.74, 6) is 0.0554. The minimum atomic E-state index is -0.493. The summed E-state index contributed by atoms with van der Waals surface area (Å²) in [4.78, 5) is 13.2. The maximum absolute atomic E-state index is 13.1. The zero-order valence-electron chi connectivity index (χ0n) is 11.6. The highest BCUT2D eigenvalue weighted by molar-refractivity contribution is 6.66. The summed E-state index contributed by atoms with van der Waals surface area (Å²) >= 11 is 5.68. The largest absolute Gasteiger partial charge is 0.320 e. The second-order valence-electron chi connectivity index (χ2n) is 5.21. The van der Waals surface area contributed by atoms with Crippen molar-refractivity contribution in [1.82, 2.24) is 9.78 Å². The third kappa shape index (κ3) is 2.53. The van der Waals surface area contributed by atoms with Gasteiger partial charge in [0.25, 0.3) is 0 Å². The number of hydrogen-bond acceptors (Lipinski definition) is 2. The average molecular weight is 308 g/mol. The molecule has 1 aromatic carbocycles. The number of hydrogen-bond donors (Lipinski definition) is 0. The van der Waals surface area contributed by atoms with E-state index in [9.17, 15) is 9.18 Å². The van der Waals surface area contributed by atoms with Gasteiger partial charge in [-0.3, -0.25) is 9.69 Å². The van der Waals surface area contributed by atoms with Crippen LogP contribution in [-0.2, 0) is 6.42 Å². The number of carbonyl (C=O) groups excluding carboxylic acids is 1. The van der Waals surface area contributed by atoms with E-state index in [1.807, 2.05) is 0 Å². The van der Waals surface area contributed by atoms with E-state index in [-0.39, 0.29) is 5.82 Å². The van der Waals surface area contributed by atoms with Crippen LogP contribution in [0.15, 0.2) is 30.5 Å². The van der Waals surface area contributed by atoms with Crippen molar-refractivity contribution >= 4 is 22.7 Å². The van der Waals surface area contributed by atoms with E-state index < -0.39 is 5.37 Å². The lowest BCUT2D eigenvalue weighted by Gasteiger charge is -2.30.